The standard InChI is InChI=1S/C22H27FN6O/c1-27(2)12-18-19(13-28(3)4)29-10-9-17-20(21(29)25-18)14(11-24-17)22(30)26-16-8-6-5-7-15(16)23/h5-8,11,24H,9-10,12-13H2,1-4H3,(H,26,30). The summed E-state index contributed by atoms with van der Waals surface area (Å²) in [5, 5.41) is 2.69. The fourth-order valence-corrected chi connectivity index (χ4v) is 3.94. The van der Waals surface area contributed by atoms with E-state index in [-0.39, 0.29) is 11.6 Å². The lowest BCUT2D eigenvalue weighted by molar-refractivity contribution is 0.102. The topological polar surface area (TPSA) is 69.2 Å². The number of amides is 1. The predicted octanol–water partition coefficient (Wildman–Crippen LogP) is 2.95. The summed E-state index contributed by atoms with van der Waals surface area (Å²) in [6.45, 7) is 2.30. The van der Waals surface area contributed by atoms with Crippen LogP contribution < -0.4 is 5.32 Å². The minimum Gasteiger partial charge on any atom is -0.364 e. The molecule has 30 heavy (non-hydrogen) atoms. The third-order valence-electron chi connectivity index (χ3n) is 5.23. The van der Waals surface area contributed by atoms with Crippen LogP contribution in [0.15, 0.2) is 30.5 Å². The largest absolute Gasteiger partial charge is 0.364 e. The van der Waals surface area contributed by atoms with Crippen LogP contribution in [-0.4, -0.2) is 58.4 Å². The molecule has 0 saturated heterocycles. The van der Waals surface area contributed by atoms with Crippen molar-refractivity contribution in [3.63, 3.8) is 0 Å². The van der Waals surface area contributed by atoms with Gasteiger partial charge >= 0.3 is 0 Å². The lowest BCUT2D eigenvalue weighted by Crippen LogP contribution is -2.21. The monoisotopic (exact) mass is 410 g/mol. The molecule has 1 amide bonds. The summed E-state index contributed by atoms with van der Waals surface area (Å²) < 4.78 is 16.2. The number of aromatic nitrogens is 3. The van der Waals surface area contributed by atoms with Crippen molar-refractivity contribution in [1.29, 1.82) is 0 Å². The van der Waals surface area contributed by atoms with Gasteiger partial charge in [0.25, 0.3) is 5.91 Å². The Balaban J connectivity index is 1.75. The zero-order chi connectivity index (χ0) is 21.4. The van der Waals surface area contributed by atoms with E-state index in [0.29, 0.717) is 5.56 Å². The van der Waals surface area contributed by atoms with Gasteiger partial charge in [-0.2, -0.15) is 0 Å². The molecule has 3 heterocycles. The summed E-state index contributed by atoms with van der Waals surface area (Å²) in [7, 11) is 8.12. The number of para-hydroxylation sites is 1. The predicted molar refractivity (Wildman–Crippen MR) is 115 cm³/mol. The molecule has 3 aromatic rings. The molecule has 1 aliphatic heterocycles. The van der Waals surface area contributed by atoms with Crippen molar-refractivity contribution in [1.82, 2.24) is 24.3 Å². The summed E-state index contributed by atoms with van der Waals surface area (Å²) in [4.78, 5) is 25.4. The van der Waals surface area contributed by atoms with Crippen LogP contribution in [-0.2, 0) is 26.1 Å². The number of anilines is 1. The Bertz CT molecular complexity index is 1080. The minimum absolute atomic E-state index is 0.165. The normalized spacial score (nSPS) is 12.9. The van der Waals surface area contributed by atoms with Gasteiger partial charge in [-0.25, -0.2) is 9.37 Å². The molecule has 0 fully saturated rings. The van der Waals surface area contributed by atoms with Gasteiger partial charge in [-0.3, -0.25) is 4.79 Å². The third kappa shape index (κ3) is 3.76. The average molecular weight is 410 g/mol. The number of benzene rings is 1. The molecule has 0 spiro atoms. The molecule has 1 aliphatic rings. The van der Waals surface area contributed by atoms with Gasteiger partial charge in [-0.1, -0.05) is 12.1 Å². The number of fused-ring (bicyclic) bond motifs is 3. The van der Waals surface area contributed by atoms with E-state index in [1.54, 1.807) is 24.4 Å². The molecule has 1 aromatic carbocycles. The lowest BCUT2D eigenvalue weighted by Gasteiger charge is -2.20. The Morgan fingerprint density at radius 1 is 1.20 bits per heavy atom. The van der Waals surface area contributed by atoms with E-state index < -0.39 is 5.82 Å². The molecule has 158 valence electrons. The molecule has 2 aromatic heterocycles. The first-order valence-corrected chi connectivity index (χ1v) is 9.99. The van der Waals surface area contributed by atoms with Crippen LogP contribution in [0.1, 0.15) is 27.4 Å². The van der Waals surface area contributed by atoms with Gasteiger partial charge in [0.2, 0.25) is 0 Å². The summed E-state index contributed by atoms with van der Waals surface area (Å²) in [5.74, 6) is -0.0134. The second-order valence-electron chi connectivity index (χ2n) is 8.20. The van der Waals surface area contributed by atoms with E-state index in [1.165, 1.54) is 6.07 Å². The van der Waals surface area contributed by atoms with Crippen LogP contribution in [0.3, 0.4) is 0 Å². The van der Waals surface area contributed by atoms with Crippen LogP contribution in [0.25, 0.3) is 11.4 Å². The molecule has 8 heteroatoms. The quantitative estimate of drug-likeness (QED) is 0.656. The number of carbonyl (C=O) groups excluding carboxylic acids is 1. The maximum atomic E-state index is 14.0. The second kappa shape index (κ2) is 8.04. The van der Waals surface area contributed by atoms with Crippen LogP contribution >= 0.6 is 0 Å². The Labute approximate surface area is 175 Å². The zero-order valence-electron chi connectivity index (χ0n) is 17.8. The van der Waals surface area contributed by atoms with E-state index in [0.717, 1.165) is 54.5 Å². The highest BCUT2D eigenvalue weighted by molar-refractivity contribution is 6.09. The third-order valence-corrected chi connectivity index (χ3v) is 5.23. The number of H-pyrrole nitrogens is 1. The van der Waals surface area contributed by atoms with E-state index in [4.69, 9.17) is 4.98 Å². The number of rotatable bonds is 6. The smallest absolute Gasteiger partial charge is 0.258 e. The van der Waals surface area contributed by atoms with Crippen LogP contribution in [0, 0.1) is 5.82 Å². The Kier molecular flexibility index (Phi) is 5.44. The molecular weight excluding hydrogens is 383 g/mol. The number of hydrogen-bond donors (Lipinski definition) is 2. The van der Waals surface area contributed by atoms with Crippen molar-refractivity contribution in [2.75, 3.05) is 33.5 Å². The second-order valence-corrected chi connectivity index (χ2v) is 8.20. The number of aromatic amines is 1. The zero-order valence-corrected chi connectivity index (χ0v) is 17.8. The Hall–Kier alpha value is -2.97. The first-order valence-electron chi connectivity index (χ1n) is 9.99. The highest BCUT2D eigenvalue weighted by Crippen LogP contribution is 2.34. The number of nitrogens with one attached hydrogen (secondary N) is 2. The van der Waals surface area contributed by atoms with Crippen molar-refractivity contribution < 1.29 is 9.18 Å². The van der Waals surface area contributed by atoms with Gasteiger partial charge in [-0.15, -0.1) is 0 Å². The van der Waals surface area contributed by atoms with Gasteiger partial charge in [0, 0.05) is 37.9 Å². The van der Waals surface area contributed by atoms with Crippen molar-refractivity contribution in [2.24, 2.45) is 0 Å². The number of nitrogens with zero attached hydrogens (tertiary/aromatic N) is 4. The number of imidazole rings is 1. The Morgan fingerprint density at radius 2 is 1.93 bits per heavy atom. The van der Waals surface area contributed by atoms with E-state index in [2.05, 4.69) is 24.7 Å². The van der Waals surface area contributed by atoms with Crippen molar-refractivity contribution >= 4 is 11.6 Å². The molecule has 0 aliphatic carbocycles. The minimum atomic E-state index is -0.460. The molecule has 2 N–H and O–H groups in total. The highest BCUT2D eigenvalue weighted by atomic mass is 19.1. The molecule has 0 atom stereocenters. The van der Waals surface area contributed by atoms with Crippen LogP contribution in [0.2, 0.25) is 0 Å². The van der Waals surface area contributed by atoms with Crippen molar-refractivity contribution in [3.8, 4) is 11.4 Å². The van der Waals surface area contributed by atoms with Gasteiger partial charge in [0.1, 0.15) is 11.6 Å². The van der Waals surface area contributed by atoms with Gasteiger partial charge in [-0.05, 0) is 40.3 Å². The maximum absolute atomic E-state index is 14.0. The number of hydrogen-bond acceptors (Lipinski definition) is 4. The van der Waals surface area contributed by atoms with Gasteiger partial charge in [0.05, 0.1) is 28.2 Å². The molecule has 0 unspecified atom stereocenters. The molecule has 0 bridgehead atoms. The Morgan fingerprint density at radius 3 is 2.63 bits per heavy atom. The molecule has 4 rings (SSSR count). The SMILES string of the molecule is CN(C)Cc1nc2n(c1CN(C)C)CCc1[nH]cc(C(=O)Nc3ccccc3F)c1-2. The first-order chi connectivity index (χ1) is 14.3. The fraction of sp³-hybridized carbons (Fsp3) is 0.364. The fourth-order valence-electron chi connectivity index (χ4n) is 3.94. The highest BCUT2D eigenvalue weighted by Gasteiger charge is 2.29. The van der Waals surface area contributed by atoms with Crippen LogP contribution in [0.5, 0.6) is 0 Å². The van der Waals surface area contributed by atoms with E-state index in [1.807, 2.05) is 28.2 Å². The van der Waals surface area contributed by atoms with Crippen molar-refractivity contribution in [3.05, 3.63) is 58.9 Å². The van der Waals surface area contributed by atoms with E-state index in [9.17, 15) is 9.18 Å². The first kappa shape index (κ1) is 20.3. The van der Waals surface area contributed by atoms with Gasteiger partial charge in [0.15, 0.2) is 0 Å². The summed E-state index contributed by atoms with van der Waals surface area (Å²) >= 11 is 0. The number of halogens is 1. The summed E-state index contributed by atoms with van der Waals surface area (Å²) in [6, 6.07) is 6.17. The molecule has 0 radical (unpaired) electrons. The maximum Gasteiger partial charge on any atom is 0.258 e. The van der Waals surface area contributed by atoms with Gasteiger partial charge < -0.3 is 24.7 Å². The van der Waals surface area contributed by atoms with Crippen molar-refractivity contribution in [2.45, 2.75) is 26.1 Å². The summed E-state index contributed by atoms with van der Waals surface area (Å²) in [5.41, 5.74) is 4.61. The summed E-state index contributed by atoms with van der Waals surface area (Å²) in [6.07, 6.45) is 2.48. The lowest BCUT2D eigenvalue weighted by atomic mass is 10.0. The average Bonchev–Trinajstić information content (AvgIpc) is 3.25. The molecular formula is C22H27FN6O. The number of aryl methyl sites for hydroxylation is 1. The van der Waals surface area contributed by atoms with Crippen LogP contribution in [0.4, 0.5) is 10.1 Å². The molecule has 7 nitrogen and oxygen atoms in total. The van der Waals surface area contributed by atoms with E-state index >= 15 is 0 Å². The molecule has 0 saturated carbocycles. The number of carbonyl (C=O) groups is 1.